The summed E-state index contributed by atoms with van der Waals surface area (Å²) in [4.78, 5) is 49.8. The molecule has 2 atom stereocenters. The van der Waals surface area contributed by atoms with E-state index in [9.17, 15) is 19.2 Å². The SMILES string of the molecule is CC(C)(C)OC(=O)N[C@H]1CCc2ccccc2NC1=O.CN1C(=O)[C@@H](NC(=O)OC(C)(C)C)CCc2ccccc21. The highest BCUT2D eigenvalue weighted by Gasteiger charge is 2.31. The normalized spacial score (nSPS) is 18.7. The minimum absolute atomic E-state index is 0.120. The molecule has 10 heteroatoms. The van der Waals surface area contributed by atoms with Crippen LogP contribution in [0.2, 0.25) is 0 Å². The monoisotopic (exact) mass is 566 g/mol. The molecule has 2 aliphatic rings. The highest BCUT2D eigenvalue weighted by molar-refractivity contribution is 5.99. The molecule has 4 rings (SSSR count). The van der Waals surface area contributed by atoms with Gasteiger partial charge in [0.2, 0.25) is 11.8 Å². The number of aryl methyl sites for hydroxylation is 2. The summed E-state index contributed by atoms with van der Waals surface area (Å²) < 4.78 is 10.4. The van der Waals surface area contributed by atoms with E-state index in [4.69, 9.17) is 9.47 Å². The number of carbonyl (C=O) groups is 4. The van der Waals surface area contributed by atoms with Crippen LogP contribution in [0.3, 0.4) is 0 Å². The maximum Gasteiger partial charge on any atom is 0.408 e. The molecule has 10 nitrogen and oxygen atoms in total. The van der Waals surface area contributed by atoms with Crippen LogP contribution >= 0.6 is 0 Å². The molecule has 0 bridgehead atoms. The van der Waals surface area contributed by atoms with Gasteiger partial charge in [0.05, 0.1) is 0 Å². The van der Waals surface area contributed by atoms with Gasteiger partial charge in [-0.05, 0) is 90.5 Å². The number of carbonyl (C=O) groups excluding carboxylic acids is 4. The van der Waals surface area contributed by atoms with Gasteiger partial charge in [0.25, 0.3) is 0 Å². The quantitative estimate of drug-likeness (QED) is 0.472. The molecule has 4 amide bonds. The van der Waals surface area contributed by atoms with Crippen molar-refractivity contribution < 1.29 is 28.7 Å². The molecule has 0 unspecified atom stereocenters. The minimum atomic E-state index is -0.577. The second-order valence-corrected chi connectivity index (χ2v) is 12.1. The average molecular weight is 567 g/mol. The maximum atomic E-state index is 12.5. The van der Waals surface area contributed by atoms with Gasteiger partial charge in [0.15, 0.2) is 0 Å². The van der Waals surface area contributed by atoms with Gasteiger partial charge < -0.3 is 30.3 Å². The second-order valence-electron chi connectivity index (χ2n) is 12.1. The fourth-order valence-corrected chi connectivity index (χ4v) is 4.51. The van der Waals surface area contributed by atoms with E-state index in [0.29, 0.717) is 12.8 Å². The number of benzene rings is 2. The third-order valence-corrected chi connectivity index (χ3v) is 6.36. The van der Waals surface area contributed by atoms with Crippen molar-refractivity contribution in [3.8, 4) is 0 Å². The number of likely N-dealkylation sites (N-methyl/N-ethyl adjacent to an activating group) is 1. The van der Waals surface area contributed by atoms with Crippen LogP contribution in [0.25, 0.3) is 0 Å². The number of rotatable bonds is 2. The number of nitrogens with zero attached hydrogens (tertiary/aromatic N) is 1. The Morgan fingerprint density at radius 3 is 1.88 bits per heavy atom. The van der Waals surface area contributed by atoms with E-state index in [1.165, 1.54) is 0 Å². The molecule has 222 valence electrons. The fraction of sp³-hybridized carbons (Fsp3) is 0.484. The molecule has 0 spiro atoms. The van der Waals surface area contributed by atoms with Crippen molar-refractivity contribution in [3.63, 3.8) is 0 Å². The lowest BCUT2D eigenvalue weighted by Crippen LogP contribution is -2.48. The molecule has 2 aromatic carbocycles. The molecule has 0 aliphatic carbocycles. The van der Waals surface area contributed by atoms with E-state index in [1.54, 1.807) is 53.5 Å². The molecule has 3 N–H and O–H groups in total. The van der Waals surface area contributed by atoms with Crippen LogP contribution in [-0.4, -0.2) is 54.3 Å². The van der Waals surface area contributed by atoms with Gasteiger partial charge >= 0.3 is 12.2 Å². The van der Waals surface area contributed by atoms with Crippen molar-refractivity contribution >= 4 is 35.4 Å². The molecular formula is C31H42N4O6. The molecule has 41 heavy (non-hydrogen) atoms. The standard InChI is InChI=1S/C16H22N2O3.C15H20N2O3/c1-16(2,3)21-15(20)17-12-10-9-11-7-5-6-8-13(11)18(4)14(12)19;1-15(2,3)20-14(19)17-12-9-8-10-6-4-5-7-11(10)16-13(12)18/h5-8,12H,9-10H2,1-4H3,(H,17,20);4-7,12H,8-9H2,1-3H3,(H,16,18)(H,17,19)/t2*12-/m00/s1. The zero-order valence-electron chi connectivity index (χ0n) is 25.0. The first-order chi connectivity index (χ1) is 19.1. The average Bonchev–Trinajstić information content (AvgIpc) is 3.09. The summed E-state index contributed by atoms with van der Waals surface area (Å²) in [5.74, 6) is -0.327. The number of ether oxygens (including phenoxy) is 2. The van der Waals surface area contributed by atoms with Gasteiger partial charge in [-0.15, -0.1) is 0 Å². The molecular weight excluding hydrogens is 524 g/mol. The number of alkyl carbamates (subject to hydrolysis) is 2. The topological polar surface area (TPSA) is 126 Å². The molecule has 0 radical (unpaired) electrons. The van der Waals surface area contributed by atoms with Crippen molar-refractivity contribution in [2.45, 2.75) is 90.5 Å². The fourth-order valence-electron chi connectivity index (χ4n) is 4.51. The predicted octanol–water partition coefficient (Wildman–Crippen LogP) is 4.95. The van der Waals surface area contributed by atoms with Crippen LogP contribution in [0.4, 0.5) is 21.0 Å². The summed E-state index contributed by atoms with van der Waals surface area (Å²) in [6, 6.07) is 14.3. The van der Waals surface area contributed by atoms with Gasteiger partial charge in [-0.25, -0.2) is 9.59 Å². The first-order valence-electron chi connectivity index (χ1n) is 13.9. The molecule has 0 fully saturated rings. The lowest BCUT2D eigenvalue weighted by Gasteiger charge is -2.24. The second kappa shape index (κ2) is 13.1. The summed E-state index contributed by atoms with van der Waals surface area (Å²) in [6.07, 6.45) is 1.48. The van der Waals surface area contributed by atoms with Gasteiger partial charge in [-0.1, -0.05) is 36.4 Å². The van der Waals surface area contributed by atoms with Crippen LogP contribution in [0.5, 0.6) is 0 Å². The summed E-state index contributed by atoms with van der Waals surface area (Å²) in [5, 5.41) is 8.14. The van der Waals surface area contributed by atoms with E-state index in [2.05, 4.69) is 16.0 Å². The Kier molecular flexibility index (Phi) is 10.0. The third-order valence-electron chi connectivity index (χ3n) is 6.36. The van der Waals surface area contributed by atoms with E-state index in [-0.39, 0.29) is 11.8 Å². The van der Waals surface area contributed by atoms with Crippen molar-refractivity contribution in [1.82, 2.24) is 10.6 Å². The Hall–Kier alpha value is -4.08. The summed E-state index contributed by atoms with van der Waals surface area (Å²) in [5.41, 5.74) is 2.75. The molecule has 2 heterocycles. The van der Waals surface area contributed by atoms with Crippen LogP contribution in [0, 0.1) is 0 Å². The first kappa shape index (κ1) is 31.4. The zero-order valence-corrected chi connectivity index (χ0v) is 25.0. The molecule has 0 saturated heterocycles. The number of nitrogens with one attached hydrogen (secondary N) is 3. The van der Waals surface area contributed by atoms with Gasteiger partial charge in [0, 0.05) is 18.4 Å². The number of amides is 4. The van der Waals surface area contributed by atoms with E-state index < -0.39 is 35.5 Å². The Morgan fingerprint density at radius 2 is 1.27 bits per heavy atom. The first-order valence-corrected chi connectivity index (χ1v) is 13.9. The maximum absolute atomic E-state index is 12.5. The molecule has 0 saturated carbocycles. The summed E-state index contributed by atoms with van der Waals surface area (Å²) >= 11 is 0. The van der Waals surface area contributed by atoms with Crippen LogP contribution < -0.4 is 20.9 Å². The van der Waals surface area contributed by atoms with Crippen molar-refractivity contribution in [2.75, 3.05) is 17.3 Å². The van der Waals surface area contributed by atoms with Crippen LogP contribution in [0.15, 0.2) is 48.5 Å². The summed E-state index contributed by atoms with van der Waals surface area (Å²) in [7, 11) is 1.73. The Bertz CT molecular complexity index is 1260. The Morgan fingerprint density at radius 1 is 0.780 bits per heavy atom. The predicted molar refractivity (Wildman–Crippen MR) is 158 cm³/mol. The zero-order chi connectivity index (χ0) is 30.4. The smallest absolute Gasteiger partial charge is 0.408 e. The minimum Gasteiger partial charge on any atom is -0.444 e. The van der Waals surface area contributed by atoms with Crippen molar-refractivity contribution in [3.05, 3.63) is 59.7 Å². The number of hydrogen-bond acceptors (Lipinski definition) is 6. The van der Waals surface area contributed by atoms with Crippen LogP contribution in [-0.2, 0) is 31.9 Å². The van der Waals surface area contributed by atoms with Crippen LogP contribution in [0.1, 0.15) is 65.5 Å². The lowest BCUT2D eigenvalue weighted by atomic mass is 10.1. The van der Waals surface area contributed by atoms with Crippen molar-refractivity contribution in [2.24, 2.45) is 0 Å². The molecule has 0 aromatic heterocycles. The van der Waals surface area contributed by atoms with E-state index in [1.807, 2.05) is 48.5 Å². The highest BCUT2D eigenvalue weighted by Crippen LogP contribution is 2.26. The molecule has 2 aliphatic heterocycles. The van der Waals surface area contributed by atoms with E-state index >= 15 is 0 Å². The van der Waals surface area contributed by atoms with Crippen molar-refractivity contribution in [1.29, 1.82) is 0 Å². The number of anilines is 2. The Labute approximate surface area is 242 Å². The van der Waals surface area contributed by atoms with Gasteiger partial charge in [0.1, 0.15) is 23.3 Å². The Balaban J connectivity index is 0.000000226. The van der Waals surface area contributed by atoms with E-state index in [0.717, 1.165) is 35.3 Å². The summed E-state index contributed by atoms with van der Waals surface area (Å²) in [6.45, 7) is 10.7. The largest absolute Gasteiger partial charge is 0.444 e. The van der Waals surface area contributed by atoms with Gasteiger partial charge in [-0.2, -0.15) is 0 Å². The highest BCUT2D eigenvalue weighted by atomic mass is 16.6. The number of para-hydroxylation sites is 2. The third kappa shape index (κ3) is 9.51. The number of hydrogen-bond donors (Lipinski definition) is 3. The lowest BCUT2D eigenvalue weighted by molar-refractivity contribution is -0.120. The van der Waals surface area contributed by atoms with Gasteiger partial charge in [-0.3, -0.25) is 9.59 Å². The molecule has 2 aromatic rings. The number of fused-ring (bicyclic) bond motifs is 2.